The van der Waals surface area contributed by atoms with Crippen LogP contribution in [0.4, 0.5) is 13.2 Å². The maximum absolute atomic E-state index is 15.8. The standard InChI is InChI=1S/C70H106ClF3N12O12/c1-12-44(4)58-65(95)80(7)41-56(89)78(5)42-57(90)83(10)59(47-25-21-26-47)66(96)79(6)40-54(87)75-50(31-29-45-28-30-48(49(71)38-45)70(72,73)74)63(93)86-36-22-27-51(86)62(92)77-69(32-17-18-33-69)68(98)84(11)60(46-23-15-13-16-24-46)67(97)82(9)53(64(94)85-34-19-14-20-35-85)39-55(88)81(8)52(37-43(2)3)61(91)76-58/h28,30,38,43-44,46-47,50-53,58-60H,12-27,29,31-37,39-42H2,1-11H3,(H,75,87)(H,76,91)(H,77,92)/t44-,50-,51?,52-,53-,58-,59-,60-/m0/s1. The van der Waals surface area contributed by atoms with E-state index in [2.05, 4.69) is 16.0 Å². The number of aryl methyl sites for hydroxylation is 1. The van der Waals surface area contributed by atoms with Crippen LogP contribution in [0.1, 0.15) is 174 Å². The number of rotatable bonds is 10. The first-order chi connectivity index (χ1) is 46.2. The summed E-state index contributed by atoms with van der Waals surface area (Å²) in [5.74, 6) is -9.04. The molecule has 3 saturated heterocycles. The molecule has 0 bridgehead atoms. The Morgan fingerprint density at radius 2 is 1.20 bits per heavy atom. The van der Waals surface area contributed by atoms with E-state index >= 15 is 28.8 Å². The summed E-state index contributed by atoms with van der Waals surface area (Å²) >= 11 is 6.14. The van der Waals surface area contributed by atoms with Crippen LogP contribution in [0, 0.1) is 23.7 Å². The van der Waals surface area contributed by atoms with E-state index in [0.717, 1.165) is 58.9 Å². The minimum absolute atomic E-state index is 0.0398. The lowest BCUT2D eigenvalue weighted by Crippen LogP contribution is -2.65. The number of carbonyl (C=O) groups excluding carboxylic acids is 12. The van der Waals surface area contributed by atoms with E-state index in [9.17, 15) is 41.9 Å². The average molecular weight is 1400 g/mol. The van der Waals surface area contributed by atoms with E-state index in [1.165, 1.54) is 79.9 Å². The Bertz CT molecular complexity index is 3080. The second kappa shape index (κ2) is 34.3. The summed E-state index contributed by atoms with van der Waals surface area (Å²) in [7, 11) is 9.97. The molecule has 28 heteroatoms. The lowest BCUT2D eigenvalue weighted by atomic mass is 9.78. The summed E-state index contributed by atoms with van der Waals surface area (Å²) in [6, 6.07) is -5.48. The van der Waals surface area contributed by atoms with E-state index in [0.29, 0.717) is 82.9 Å². The van der Waals surface area contributed by atoms with Crippen LogP contribution in [0.5, 0.6) is 0 Å². The second-order valence-corrected chi connectivity index (χ2v) is 29.5. The number of piperidine rings is 1. The van der Waals surface area contributed by atoms with Gasteiger partial charge in [-0.25, -0.2) is 0 Å². The van der Waals surface area contributed by atoms with Crippen LogP contribution < -0.4 is 16.0 Å². The first-order valence-electron chi connectivity index (χ1n) is 35.4. The van der Waals surface area contributed by atoms with Gasteiger partial charge >= 0.3 is 6.18 Å². The zero-order chi connectivity index (χ0) is 72.2. The van der Waals surface area contributed by atoms with Crippen LogP contribution in [-0.2, 0) is 70.1 Å². The molecular weight excluding hydrogens is 1290 g/mol. The van der Waals surface area contributed by atoms with Crippen LogP contribution in [0.2, 0.25) is 5.02 Å². The van der Waals surface area contributed by atoms with Crippen LogP contribution in [0.25, 0.3) is 0 Å². The molecule has 6 fully saturated rings. The Labute approximate surface area is 580 Å². The zero-order valence-electron chi connectivity index (χ0n) is 59.3. The smallest absolute Gasteiger partial charge is 0.343 e. The largest absolute Gasteiger partial charge is 0.417 e. The summed E-state index contributed by atoms with van der Waals surface area (Å²) < 4.78 is 41.5. The summed E-state index contributed by atoms with van der Waals surface area (Å²) in [6.07, 6.45) is 4.45. The molecule has 1 aromatic carbocycles. The van der Waals surface area contributed by atoms with E-state index in [-0.39, 0.29) is 56.9 Å². The zero-order valence-corrected chi connectivity index (χ0v) is 60.1. The van der Waals surface area contributed by atoms with Gasteiger partial charge in [-0.1, -0.05) is 90.3 Å². The maximum Gasteiger partial charge on any atom is 0.417 e. The fourth-order valence-corrected chi connectivity index (χ4v) is 15.4. The summed E-state index contributed by atoms with van der Waals surface area (Å²) in [5, 5.41) is 8.15. The van der Waals surface area contributed by atoms with Crippen molar-refractivity contribution in [3.63, 3.8) is 0 Å². The van der Waals surface area contributed by atoms with E-state index < -0.39 is 173 Å². The first kappa shape index (κ1) is 78.3. The summed E-state index contributed by atoms with van der Waals surface area (Å²) in [6.45, 7) is 6.46. The molecule has 1 unspecified atom stereocenters. The highest BCUT2D eigenvalue weighted by molar-refractivity contribution is 6.31. The van der Waals surface area contributed by atoms with Crippen LogP contribution in [-0.4, -0.2) is 251 Å². The highest BCUT2D eigenvalue weighted by Gasteiger charge is 2.52. The predicted molar refractivity (Wildman–Crippen MR) is 360 cm³/mol. The molecule has 3 N–H and O–H groups in total. The van der Waals surface area contributed by atoms with Gasteiger partial charge in [0.25, 0.3) is 0 Å². The number of hydrogen-bond acceptors (Lipinski definition) is 12. The van der Waals surface area contributed by atoms with Gasteiger partial charge in [-0.3, -0.25) is 57.5 Å². The molecule has 546 valence electrons. The van der Waals surface area contributed by atoms with Crippen molar-refractivity contribution in [2.75, 3.05) is 88.6 Å². The average Bonchev–Trinajstić information content (AvgIpc) is 1.35. The van der Waals surface area contributed by atoms with Crippen molar-refractivity contribution in [2.45, 2.75) is 223 Å². The fourth-order valence-electron chi connectivity index (χ4n) is 15.1. The van der Waals surface area contributed by atoms with Gasteiger partial charge in [-0.15, -0.1) is 0 Å². The summed E-state index contributed by atoms with van der Waals surface area (Å²) in [5.41, 5.74) is -2.34. The molecule has 6 aliphatic rings. The Kier molecular flexibility index (Phi) is 27.4. The number of hydrogen-bond donors (Lipinski definition) is 3. The number of nitrogens with zero attached hydrogens (tertiary/aromatic N) is 9. The number of alkyl halides is 3. The number of halogens is 4. The van der Waals surface area contributed by atoms with Crippen LogP contribution >= 0.6 is 11.6 Å². The van der Waals surface area contributed by atoms with Crippen molar-refractivity contribution in [2.24, 2.45) is 23.7 Å². The van der Waals surface area contributed by atoms with Gasteiger partial charge in [0.2, 0.25) is 70.9 Å². The quantitative estimate of drug-likeness (QED) is 0.271. The second-order valence-electron chi connectivity index (χ2n) is 29.1. The summed E-state index contributed by atoms with van der Waals surface area (Å²) in [4.78, 5) is 190. The first-order valence-corrected chi connectivity index (χ1v) is 35.7. The van der Waals surface area contributed by atoms with Crippen molar-refractivity contribution in [3.8, 4) is 0 Å². The van der Waals surface area contributed by atoms with Crippen molar-refractivity contribution in [3.05, 3.63) is 34.3 Å². The number of likely N-dealkylation sites (tertiary alicyclic amines) is 1. The van der Waals surface area contributed by atoms with Gasteiger partial charge in [0.1, 0.15) is 47.8 Å². The van der Waals surface area contributed by atoms with Gasteiger partial charge in [0, 0.05) is 69.0 Å². The monoisotopic (exact) mass is 1400 g/mol. The molecule has 3 aliphatic heterocycles. The predicted octanol–water partition coefficient (Wildman–Crippen LogP) is 5.25. The van der Waals surface area contributed by atoms with Gasteiger partial charge in [-0.2, -0.15) is 13.2 Å². The third kappa shape index (κ3) is 18.9. The maximum atomic E-state index is 15.8. The molecule has 8 atom stereocenters. The Balaban J connectivity index is 1.28. The third-order valence-corrected chi connectivity index (χ3v) is 21.9. The molecule has 3 heterocycles. The number of nitrogens with one attached hydrogen (secondary N) is 3. The van der Waals surface area contributed by atoms with E-state index in [1.54, 1.807) is 11.8 Å². The van der Waals surface area contributed by atoms with E-state index in [4.69, 9.17) is 11.6 Å². The van der Waals surface area contributed by atoms with Crippen molar-refractivity contribution >= 4 is 82.5 Å². The molecule has 7 rings (SSSR count). The van der Waals surface area contributed by atoms with Gasteiger partial charge in [0.05, 0.1) is 36.6 Å². The van der Waals surface area contributed by atoms with Gasteiger partial charge < -0.3 is 60.0 Å². The normalized spacial score (nSPS) is 27.0. The minimum atomic E-state index is -4.76. The number of amides is 12. The molecule has 3 aliphatic carbocycles. The SMILES string of the molecule is CC[C@H](C)[C@@H]1NC(=O)[C@H](CC(C)C)N(C)C(=O)C[C@@H](C(=O)N2CCCCC2)N(C)C(=O)[C@H](C2CCCCC2)N(C)C(=O)C2(CCCC2)NC(=O)C2CCCN2C(=O)[C@H](CCc2ccc(C(F)(F)F)c(Cl)c2)NC(=O)CN(C)C(=O)[C@H](C2CCC2)N(C)C(=O)CN(C)C(=O)CN(C)C1=O. The fraction of sp³-hybridized carbons (Fsp3) is 0.743. The molecule has 24 nitrogen and oxygen atoms in total. The molecule has 1 spiro atoms. The Hall–Kier alpha value is -7.06. The number of carbonyl (C=O) groups is 12. The molecule has 3 saturated carbocycles. The molecule has 98 heavy (non-hydrogen) atoms. The third-order valence-electron chi connectivity index (χ3n) is 21.6. The minimum Gasteiger partial charge on any atom is -0.343 e. The molecule has 0 radical (unpaired) electrons. The van der Waals surface area contributed by atoms with E-state index in [1.807, 2.05) is 20.8 Å². The van der Waals surface area contributed by atoms with Crippen LogP contribution in [0.15, 0.2) is 18.2 Å². The van der Waals surface area contributed by atoms with Gasteiger partial charge in [0.15, 0.2) is 0 Å². The van der Waals surface area contributed by atoms with Crippen molar-refractivity contribution in [1.82, 2.24) is 60.0 Å². The molecule has 12 amide bonds. The Morgan fingerprint density at radius 3 is 1.79 bits per heavy atom. The number of fused-ring (bicyclic) bond motifs is 1. The highest BCUT2D eigenvalue weighted by Crippen LogP contribution is 2.39. The topological polar surface area (TPSA) is 270 Å². The lowest BCUT2D eigenvalue weighted by Gasteiger charge is -2.43. The number of likely N-dealkylation sites (N-methyl/N-ethyl adjacent to an activating group) is 7. The Morgan fingerprint density at radius 1 is 0.612 bits per heavy atom. The van der Waals surface area contributed by atoms with Crippen molar-refractivity contribution < 1.29 is 70.7 Å². The number of benzene rings is 1. The molecular formula is C70H106ClF3N12O12. The van der Waals surface area contributed by atoms with Crippen LogP contribution in [0.3, 0.4) is 0 Å². The van der Waals surface area contributed by atoms with Gasteiger partial charge in [-0.05, 0) is 131 Å². The highest BCUT2D eigenvalue weighted by atomic mass is 35.5. The molecule has 0 aromatic heterocycles. The molecule has 1 aromatic rings. The van der Waals surface area contributed by atoms with Crippen molar-refractivity contribution in [1.29, 1.82) is 0 Å². The lowest BCUT2D eigenvalue weighted by molar-refractivity contribution is -0.157.